The highest BCUT2D eigenvalue weighted by Gasteiger charge is 2.36. The van der Waals surface area contributed by atoms with Gasteiger partial charge in [0.2, 0.25) is 5.95 Å². The molecule has 138 valence electrons. The quantitative estimate of drug-likeness (QED) is 0.804. The van der Waals surface area contributed by atoms with E-state index in [2.05, 4.69) is 20.0 Å². The number of carbonyl (C=O) groups is 1. The minimum Gasteiger partial charge on any atom is -0.374 e. The second kappa shape index (κ2) is 7.03. The molecule has 0 aliphatic carbocycles. The molecule has 0 bridgehead atoms. The van der Waals surface area contributed by atoms with Crippen LogP contribution in [0.1, 0.15) is 28.2 Å². The van der Waals surface area contributed by atoms with Gasteiger partial charge >= 0.3 is 0 Å². The predicted molar refractivity (Wildman–Crippen MR) is 94.0 cm³/mol. The fraction of sp³-hybridized carbons (Fsp3) is 0.556. The van der Waals surface area contributed by atoms with Crippen LogP contribution in [0, 0.1) is 19.8 Å². The van der Waals surface area contributed by atoms with Crippen molar-refractivity contribution >= 4 is 11.9 Å². The molecule has 8 nitrogen and oxygen atoms in total. The highest BCUT2D eigenvalue weighted by Crippen LogP contribution is 2.27. The van der Waals surface area contributed by atoms with E-state index in [0.717, 1.165) is 25.5 Å². The molecule has 2 aromatic heterocycles. The van der Waals surface area contributed by atoms with Crippen molar-refractivity contribution in [1.82, 2.24) is 20.0 Å². The Hall–Kier alpha value is -2.48. The van der Waals surface area contributed by atoms with E-state index in [4.69, 9.17) is 9.26 Å². The molecule has 0 radical (unpaired) electrons. The Morgan fingerprint density at radius 2 is 2.00 bits per heavy atom. The lowest BCUT2D eigenvalue weighted by molar-refractivity contribution is -0.0169. The number of piperidine rings is 1. The molecule has 4 rings (SSSR count). The standard InChI is InChI=1S/C18H23N5O3/c1-12-16(13(2)26-21-12)17(24)22-7-4-14-10-23(8-9-25-15(14)11-22)18-19-5-3-6-20-18/h3,5-6,14-15H,4,7-11H2,1-2H3. The number of carbonyl (C=O) groups excluding carboxylic acids is 1. The van der Waals surface area contributed by atoms with E-state index in [9.17, 15) is 4.79 Å². The van der Waals surface area contributed by atoms with Gasteiger partial charge in [-0.25, -0.2) is 9.97 Å². The molecule has 2 fully saturated rings. The minimum atomic E-state index is -0.0178. The van der Waals surface area contributed by atoms with Crippen molar-refractivity contribution in [2.45, 2.75) is 26.4 Å². The molecule has 2 aliphatic rings. The first-order valence-corrected chi connectivity index (χ1v) is 8.99. The van der Waals surface area contributed by atoms with Crippen molar-refractivity contribution in [3.8, 4) is 0 Å². The maximum Gasteiger partial charge on any atom is 0.259 e. The van der Waals surface area contributed by atoms with Crippen molar-refractivity contribution in [1.29, 1.82) is 0 Å². The van der Waals surface area contributed by atoms with E-state index in [1.165, 1.54) is 0 Å². The fourth-order valence-corrected chi connectivity index (χ4v) is 3.82. The summed E-state index contributed by atoms with van der Waals surface area (Å²) in [6.45, 7) is 7.09. The molecule has 2 unspecified atom stereocenters. The van der Waals surface area contributed by atoms with Crippen LogP contribution in [0.3, 0.4) is 0 Å². The molecule has 0 aromatic carbocycles. The van der Waals surface area contributed by atoms with Gasteiger partial charge in [0, 0.05) is 44.5 Å². The molecule has 2 aromatic rings. The molecule has 1 amide bonds. The molecule has 2 atom stereocenters. The van der Waals surface area contributed by atoms with Gasteiger partial charge in [-0.05, 0) is 26.3 Å². The van der Waals surface area contributed by atoms with Crippen molar-refractivity contribution in [2.24, 2.45) is 5.92 Å². The molecular weight excluding hydrogens is 334 g/mol. The number of hydrogen-bond donors (Lipinski definition) is 0. The molecule has 4 heterocycles. The summed E-state index contributed by atoms with van der Waals surface area (Å²) >= 11 is 0. The summed E-state index contributed by atoms with van der Waals surface area (Å²) < 4.78 is 11.2. The van der Waals surface area contributed by atoms with E-state index in [1.54, 1.807) is 26.2 Å². The number of likely N-dealkylation sites (tertiary alicyclic amines) is 1. The lowest BCUT2D eigenvalue weighted by Crippen LogP contribution is -2.49. The maximum atomic E-state index is 12.9. The SMILES string of the molecule is Cc1noc(C)c1C(=O)N1CCC2CN(c3ncccn3)CCOC2C1. The lowest BCUT2D eigenvalue weighted by Gasteiger charge is -2.38. The van der Waals surface area contributed by atoms with Crippen molar-refractivity contribution in [2.75, 3.05) is 37.7 Å². The molecule has 0 N–H and O–H groups in total. The average Bonchev–Trinajstić information content (AvgIpc) is 2.88. The Morgan fingerprint density at radius 3 is 2.73 bits per heavy atom. The lowest BCUT2D eigenvalue weighted by atomic mass is 9.93. The van der Waals surface area contributed by atoms with Gasteiger partial charge in [0.1, 0.15) is 11.3 Å². The van der Waals surface area contributed by atoms with Crippen molar-refractivity contribution < 1.29 is 14.1 Å². The summed E-state index contributed by atoms with van der Waals surface area (Å²) in [5.74, 6) is 1.65. The van der Waals surface area contributed by atoms with Gasteiger partial charge in [-0.1, -0.05) is 5.16 Å². The fourth-order valence-electron chi connectivity index (χ4n) is 3.82. The summed E-state index contributed by atoms with van der Waals surface area (Å²) in [7, 11) is 0. The topological polar surface area (TPSA) is 84.6 Å². The van der Waals surface area contributed by atoms with Gasteiger partial charge < -0.3 is 19.1 Å². The number of rotatable bonds is 2. The monoisotopic (exact) mass is 357 g/mol. The van der Waals surface area contributed by atoms with Gasteiger partial charge in [-0.15, -0.1) is 0 Å². The van der Waals surface area contributed by atoms with Crippen LogP contribution in [0.15, 0.2) is 23.0 Å². The van der Waals surface area contributed by atoms with Crippen LogP contribution < -0.4 is 4.90 Å². The van der Waals surface area contributed by atoms with Gasteiger partial charge in [0.25, 0.3) is 5.91 Å². The zero-order valence-electron chi connectivity index (χ0n) is 15.1. The van der Waals surface area contributed by atoms with Crippen LogP contribution in [-0.2, 0) is 4.74 Å². The number of nitrogens with zero attached hydrogens (tertiary/aromatic N) is 5. The third kappa shape index (κ3) is 3.16. The summed E-state index contributed by atoms with van der Waals surface area (Å²) in [6.07, 6.45) is 4.44. The molecule has 26 heavy (non-hydrogen) atoms. The smallest absolute Gasteiger partial charge is 0.259 e. The zero-order chi connectivity index (χ0) is 18.1. The van der Waals surface area contributed by atoms with Crippen molar-refractivity contribution in [3.05, 3.63) is 35.5 Å². The Labute approximate surface area is 152 Å². The summed E-state index contributed by atoms with van der Waals surface area (Å²) in [5, 5.41) is 3.90. The number of anilines is 1. The predicted octanol–water partition coefficient (Wildman–Crippen LogP) is 1.45. The maximum absolute atomic E-state index is 12.9. The minimum absolute atomic E-state index is 0.0178. The first kappa shape index (κ1) is 17.0. The zero-order valence-corrected chi connectivity index (χ0v) is 15.1. The Balaban J connectivity index is 1.46. The average molecular weight is 357 g/mol. The number of aryl methyl sites for hydroxylation is 2. The largest absolute Gasteiger partial charge is 0.374 e. The highest BCUT2D eigenvalue weighted by atomic mass is 16.5. The molecule has 8 heteroatoms. The van der Waals surface area contributed by atoms with Gasteiger partial charge in [-0.2, -0.15) is 0 Å². The van der Waals surface area contributed by atoms with Gasteiger partial charge in [-0.3, -0.25) is 4.79 Å². The second-order valence-corrected chi connectivity index (χ2v) is 6.90. The van der Waals surface area contributed by atoms with E-state index < -0.39 is 0 Å². The van der Waals surface area contributed by atoms with Crippen LogP contribution in [0.25, 0.3) is 0 Å². The molecule has 2 saturated heterocycles. The molecular formula is C18H23N5O3. The third-order valence-electron chi connectivity index (χ3n) is 5.21. The Morgan fingerprint density at radius 1 is 1.19 bits per heavy atom. The number of ether oxygens (including phenoxy) is 1. The van der Waals surface area contributed by atoms with Crippen LogP contribution in [0.2, 0.25) is 0 Å². The van der Waals surface area contributed by atoms with Crippen molar-refractivity contribution in [3.63, 3.8) is 0 Å². The molecule has 2 aliphatic heterocycles. The summed E-state index contributed by atoms with van der Waals surface area (Å²) in [6, 6.07) is 1.82. The Kier molecular flexibility index (Phi) is 4.58. The van der Waals surface area contributed by atoms with E-state index in [0.29, 0.717) is 42.6 Å². The number of hydrogen-bond acceptors (Lipinski definition) is 7. The van der Waals surface area contributed by atoms with Crippen LogP contribution >= 0.6 is 0 Å². The highest BCUT2D eigenvalue weighted by molar-refractivity contribution is 5.96. The van der Waals surface area contributed by atoms with Crippen LogP contribution in [-0.4, -0.2) is 64.8 Å². The first-order valence-electron chi connectivity index (χ1n) is 8.99. The normalized spacial score (nSPS) is 23.5. The van der Waals surface area contributed by atoms with Gasteiger partial charge in [0.05, 0.1) is 18.4 Å². The van der Waals surface area contributed by atoms with Crippen LogP contribution in [0.4, 0.5) is 5.95 Å². The summed E-state index contributed by atoms with van der Waals surface area (Å²) in [4.78, 5) is 25.6. The number of fused-ring (bicyclic) bond motifs is 1. The Bertz CT molecular complexity index is 759. The third-order valence-corrected chi connectivity index (χ3v) is 5.21. The van der Waals surface area contributed by atoms with Crippen LogP contribution in [0.5, 0.6) is 0 Å². The molecule has 0 spiro atoms. The van der Waals surface area contributed by atoms with E-state index >= 15 is 0 Å². The second-order valence-electron chi connectivity index (χ2n) is 6.90. The number of aromatic nitrogens is 3. The van der Waals surface area contributed by atoms with Gasteiger partial charge in [0.15, 0.2) is 0 Å². The molecule has 0 saturated carbocycles. The summed E-state index contributed by atoms with van der Waals surface area (Å²) in [5.41, 5.74) is 1.22. The van der Waals surface area contributed by atoms with E-state index in [-0.39, 0.29) is 12.0 Å². The number of amides is 1. The van der Waals surface area contributed by atoms with E-state index in [1.807, 2.05) is 11.0 Å². The first-order chi connectivity index (χ1) is 12.6.